The van der Waals surface area contributed by atoms with Crippen LogP contribution in [0.15, 0.2) is 0 Å². The molecule has 0 unspecified atom stereocenters. The molecular weight excluding hydrogens is 172 g/mol. The topological polar surface area (TPSA) is 66.8 Å². The van der Waals surface area contributed by atoms with Crippen LogP contribution in [0.4, 0.5) is 0 Å². The Balaban J connectivity index is 3.60. The Hall–Kier alpha value is -0.610. The number of carbonyl (C=O) groups excluding carboxylic acids is 1. The van der Waals surface area contributed by atoms with Gasteiger partial charge in [-0.25, -0.2) is 0 Å². The van der Waals surface area contributed by atoms with Gasteiger partial charge in [0, 0.05) is 6.42 Å². The molecule has 0 heterocycles. The molecule has 0 spiro atoms. The van der Waals surface area contributed by atoms with Crippen molar-refractivity contribution < 1.29 is 19.7 Å². The first-order valence-corrected chi connectivity index (χ1v) is 4.54. The Morgan fingerprint density at radius 1 is 1.31 bits per heavy atom. The Morgan fingerprint density at radius 2 is 1.85 bits per heavy atom. The molecule has 0 aliphatic carbocycles. The van der Waals surface area contributed by atoms with Gasteiger partial charge in [0.25, 0.3) is 0 Å². The predicted octanol–water partition coefficient (Wildman–Crippen LogP) is 0.461. The van der Waals surface area contributed by atoms with Gasteiger partial charge in [0.2, 0.25) is 0 Å². The average Bonchev–Trinajstić information content (AvgIpc) is 2.13. The molecule has 0 bridgehead atoms. The van der Waals surface area contributed by atoms with Gasteiger partial charge in [0.05, 0.1) is 19.3 Å². The van der Waals surface area contributed by atoms with Crippen molar-refractivity contribution >= 4 is 5.97 Å². The van der Waals surface area contributed by atoms with Gasteiger partial charge < -0.3 is 14.9 Å². The van der Waals surface area contributed by atoms with Crippen molar-refractivity contribution in [1.82, 2.24) is 0 Å². The lowest BCUT2D eigenvalue weighted by molar-refractivity contribution is -0.141. The summed E-state index contributed by atoms with van der Waals surface area (Å²) in [5.41, 5.74) is 0. The van der Waals surface area contributed by atoms with Gasteiger partial charge in [-0.1, -0.05) is 13.3 Å². The standard InChI is InChI=1S/C9H18O4/c1-3-4-7(10)8(11)5-6-9(12)13-2/h7-8,10-11H,3-6H2,1-2H3/t7-,8+/m0/s1. The first kappa shape index (κ1) is 12.4. The van der Waals surface area contributed by atoms with Crippen molar-refractivity contribution in [2.75, 3.05) is 7.11 Å². The van der Waals surface area contributed by atoms with E-state index in [1.54, 1.807) is 0 Å². The number of carbonyl (C=O) groups is 1. The Labute approximate surface area is 78.5 Å². The van der Waals surface area contributed by atoms with E-state index >= 15 is 0 Å². The fourth-order valence-electron chi connectivity index (χ4n) is 1.05. The molecule has 0 aliphatic heterocycles. The zero-order chi connectivity index (χ0) is 10.3. The minimum absolute atomic E-state index is 0.151. The monoisotopic (exact) mass is 190 g/mol. The van der Waals surface area contributed by atoms with E-state index in [1.807, 2.05) is 6.92 Å². The molecule has 0 rings (SSSR count). The molecule has 13 heavy (non-hydrogen) atoms. The van der Waals surface area contributed by atoms with E-state index in [9.17, 15) is 15.0 Å². The van der Waals surface area contributed by atoms with Gasteiger partial charge in [-0.2, -0.15) is 0 Å². The maximum Gasteiger partial charge on any atom is 0.305 e. The highest BCUT2D eigenvalue weighted by molar-refractivity contribution is 5.69. The first-order valence-electron chi connectivity index (χ1n) is 4.54. The summed E-state index contributed by atoms with van der Waals surface area (Å²) in [6.45, 7) is 1.93. The SMILES string of the molecule is CCC[C@H](O)[C@H](O)CCC(=O)OC. The van der Waals surface area contributed by atoms with Crippen LogP contribution in [0, 0.1) is 0 Å². The summed E-state index contributed by atoms with van der Waals surface area (Å²) in [6, 6.07) is 0. The van der Waals surface area contributed by atoms with E-state index in [2.05, 4.69) is 4.74 Å². The van der Waals surface area contributed by atoms with Crippen LogP contribution >= 0.6 is 0 Å². The molecule has 4 nitrogen and oxygen atoms in total. The van der Waals surface area contributed by atoms with Crippen LogP contribution in [0.25, 0.3) is 0 Å². The van der Waals surface area contributed by atoms with Crippen LogP contribution in [0.2, 0.25) is 0 Å². The van der Waals surface area contributed by atoms with Gasteiger partial charge >= 0.3 is 5.97 Å². The molecule has 0 fully saturated rings. The number of esters is 1. The fraction of sp³-hybridized carbons (Fsp3) is 0.889. The molecule has 0 aromatic rings. The second-order valence-electron chi connectivity index (χ2n) is 3.04. The minimum Gasteiger partial charge on any atom is -0.469 e. The zero-order valence-electron chi connectivity index (χ0n) is 8.19. The molecule has 2 atom stereocenters. The smallest absolute Gasteiger partial charge is 0.305 e. The van der Waals surface area contributed by atoms with E-state index in [0.717, 1.165) is 6.42 Å². The Kier molecular flexibility index (Phi) is 6.54. The summed E-state index contributed by atoms with van der Waals surface area (Å²) in [4.78, 5) is 10.7. The van der Waals surface area contributed by atoms with Crippen molar-refractivity contribution in [2.24, 2.45) is 0 Å². The Bertz CT molecular complexity index is 147. The van der Waals surface area contributed by atoms with Crippen LogP contribution in [0.3, 0.4) is 0 Å². The highest BCUT2D eigenvalue weighted by atomic mass is 16.5. The average molecular weight is 190 g/mol. The van der Waals surface area contributed by atoms with Gasteiger partial charge in [-0.05, 0) is 12.8 Å². The van der Waals surface area contributed by atoms with Crippen LogP contribution in [0.1, 0.15) is 32.6 Å². The number of aliphatic hydroxyl groups is 2. The molecule has 0 aromatic carbocycles. The van der Waals surface area contributed by atoms with E-state index in [-0.39, 0.29) is 18.8 Å². The number of hydrogen-bond acceptors (Lipinski definition) is 4. The number of aliphatic hydroxyl groups excluding tert-OH is 2. The molecule has 2 N–H and O–H groups in total. The van der Waals surface area contributed by atoms with Gasteiger partial charge in [0.1, 0.15) is 0 Å². The molecule has 0 radical (unpaired) electrons. The lowest BCUT2D eigenvalue weighted by atomic mass is 10.0. The number of rotatable bonds is 6. The van der Waals surface area contributed by atoms with Gasteiger partial charge in [-0.15, -0.1) is 0 Å². The molecule has 0 amide bonds. The molecule has 0 saturated heterocycles. The van der Waals surface area contributed by atoms with Crippen molar-refractivity contribution in [3.63, 3.8) is 0 Å². The minimum atomic E-state index is -0.820. The number of ether oxygens (including phenoxy) is 1. The molecule has 0 saturated carbocycles. The summed E-state index contributed by atoms with van der Waals surface area (Å²) in [7, 11) is 1.30. The normalized spacial score (nSPS) is 15.1. The quantitative estimate of drug-likeness (QED) is 0.597. The predicted molar refractivity (Wildman–Crippen MR) is 48.2 cm³/mol. The molecule has 4 heteroatoms. The molecule has 0 aliphatic rings. The van der Waals surface area contributed by atoms with Crippen molar-refractivity contribution in [3.05, 3.63) is 0 Å². The van der Waals surface area contributed by atoms with Gasteiger partial charge in [0.15, 0.2) is 0 Å². The maximum atomic E-state index is 10.7. The summed E-state index contributed by atoms with van der Waals surface area (Å²) in [5.74, 6) is -0.359. The van der Waals surface area contributed by atoms with Crippen LogP contribution < -0.4 is 0 Å². The van der Waals surface area contributed by atoms with E-state index in [1.165, 1.54) is 7.11 Å². The lowest BCUT2D eigenvalue weighted by Crippen LogP contribution is -2.26. The fourth-order valence-corrected chi connectivity index (χ4v) is 1.05. The van der Waals surface area contributed by atoms with E-state index in [0.29, 0.717) is 6.42 Å². The zero-order valence-corrected chi connectivity index (χ0v) is 8.19. The summed E-state index contributed by atoms with van der Waals surface area (Å²) in [5, 5.41) is 18.6. The maximum absolute atomic E-state index is 10.7. The van der Waals surface area contributed by atoms with Crippen LogP contribution in [0.5, 0.6) is 0 Å². The first-order chi connectivity index (χ1) is 6.11. The van der Waals surface area contributed by atoms with E-state index < -0.39 is 12.2 Å². The van der Waals surface area contributed by atoms with E-state index in [4.69, 9.17) is 0 Å². The third-order valence-corrected chi connectivity index (χ3v) is 1.90. The third-order valence-electron chi connectivity index (χ3n) is 1.90. The number of methoxy groups -OCH3 is 1. The lowest BCUT2D eigenvalue weighted by Gasteiger charge is -2.16. The summed E-state index contributed by atoms with van der Waals surface area (Å²) in [6.07, 6.45) is 0.235. The second-order valence-corrected chi connectivity index (χ2v) is 3.04. The summed E-state index contributed by atoms with van der Waals surface area (Å²) < 4.78 is 4.41. The molecule has 78 valence electrons. The molecular formula is C9H18O4. The van der Waals surface area contributed by atoms with Crippen molar-refractivity contribution in [3.8, 4) is 0 Å². The number of hydrogen-bond donors (Lipinski definition) is 2. The van der Waals surface area contributed by atoms with Crippen LogP contribution in [-0.2, 0) is 9.53 Å². The summed E-state index contributed by atoms with van der Waals surface area (Å²) >= 11 is 0. The largest absolute Gasteiger partial charge is 0.469 e. The van der Waals surface area contributed by atoms with Gasteiger partial charge in [-0.3, -0.25) is 4.79 Å². The highest BCUT2D eigenvalue weighted by Gasteiger charge is 2.16. The third kappa shape index (κ3) is 5.60. The molecule has 0 aromatic heterocycles. The highest BCUT2D eigenvalue weighted by Crippen LogP contribution is 2.08. The van der Waals surface area contributed by atoms with Crippen LogP contribution in [-0.4, -0.2) is 35.5 Å². The Morgan fingerprint density at radius 3 is 2.31 bits per heavy atom. The van der Waals surface area contributed by atoms with Crippen molar-refractivity contribution in [2.45, 2.75) is 44.8 Å². The second kappa shape index (κ2) is 6.86. The van der Waals surface area contributed by atoms with Crippen molar-refractivity contribution in [1.29, 1.82) is 0 Å².